The molecular formula is C43H25NO3. The van der Waals surface area contributed by atoms with Gasteiger partial charge in [0.2, 0.25) is 0 Å². The summed E-state index contributed by atoms with van der Waals surface area (Å²) in [6.45, 7) is 0. The van der Waals surface area contributed by atoms with E-state index >= 15 is 0 Å². The molecule has 0 spiro atoms. The van der Waals surface area contributed by atoms with E-state index in [9.17, 15) is 4.79 Å². The molecule has 3 heterocycles. The summed E-state index contributed by atoms with van der Waals surface area (Å²) in [6.07, 6.45) is 0. The summed E-state index contributed by atoms with van der Waals surface area (Å²) in [5.74, 6) is 0. The molecule has 10 rings (SSSR count). The van der Waals surface area contributed by atoms with E-state index < -0.39 is 0 Å². The smallest absolute Gasteiger partial charge is 0.344 e. The van der Waals surface area contributed by atoms with Crippen LogP contribution in [0.5, 0.6) is 0 Å². The number of rotatable bonds is 3. The second-order valence-corrected chi connectivity index (χ2v) is 12.1. The van der Waals surface area contributed by atoms with Gasteiger partial charge in [-0.3, -0.25) is 0 Å². The van der Waals surface area contributed by atoms with Gasteiger partial charge < -0.3 is 13.4 Å². The van der Waals surface area contributed by atoms with Crippen LogP contribution in [0, 0.1) is 0 Å². The Hall–Kier alpha value is -6.39. The SMILES string of the molecule is O=c1oc2cc(-c3ccc4oc5ccccc5c4c3)ccc2c2ccc(-c3ccc4c(c3)c3ccccc3n4-c3ccccc3)cc12. The van der Waals surface area contributed by atoms with Gasteiger partial charge in [0.25, 0.3) is 0 Å². The fourth-order valence-electron chi connectivity index (χ4n) is 7.20. The molecule has 0 radical (unpaired) electrons. The van der Waals surface area contributed by atoms with Crippen LogP contribution in [0.3, 0.4) is 0 Å². The van der Waals surface area contributed by atoms with E-state index in [4.69, 9.17) is 8.83 Å². The van der Waals surface area contributed by atoms with Crippen LogP contribution in [0.15, 0.2) is 165 Å². The first kappa shape index (κ1) is 25.9. The van der Waals surface area contributed by atoms with Crippen molar-refractivity contribution in [1.82, 2.24) is 4.57 Å². The Bertz CT molecular complexity index is 2930. The molecule has 3 aromatic heterocycles. The molecule has 7 aromatic carbocycles. The molecule has 0 saturated heterocycles. The van der Waals surface area contributed by atoms with Gasteiger partial charge in [0, 0.05) is 32.6 Å². The average Bonchev–Trinajstić information content (AvgIpc) is 3.67. The maximum absolute atomic E-state index is 13.5. The Balaban J connectivity index is 1.09. The van der Waals surface area contributed by atoms with Gasteiger partial charge in [0.1, 0.15) is 16.7 Å². The predicted molar refractivity (Wildman–Crippen MR) is 192 cm³/mol. The number of hydrogen-bond donors (Lipinski definition) is 0. The van der Waals surface area contributed by atoms with E-state index in [0.29, 0.717) is 11.0 Å². The zero-order valence-corrected chi connectivity index (χ0v) is 25.1. The molecule has 0 aliphatic heterocycles. The van der Waals surface area contributed by atoms with Gasteiger partial charge in [-0.2, -0.15) is 0 Å². The van der Waals surface area contributed by atoms with Gasteiger partial charge in [-0.15, -0.1) is 0 Å². The van der Waals surface area contributed by atoms with Crippen LogP contribution in [0.25, 0.3) is 93.4 Å². The summed E-state index contributed by atoms with van der Waals surface area (Å²) in [6, 6.07) is 52.0. The van der Waals surface area contributed by atoms with Crippen LogP contribution in [0.4, 0.5) is 0 Å². The highest BCUT2D eigenvalue weighted by molar-refractivity contribution is 6.11. The molecule has 4 nitrogen and oxygen atoms in total. The normalized spacial score (nSPS) is 11.9. The number of aromatic nitrogens is 1. The van der Waals surface area contributed by atoms with Crippen LogP contribution in [0.1, 0.15) is 0 Å². The van der Waals surface area contributed by atoms with Crippen molar-refractivity contribution in [3.63, 3.8) is 0 Å². The zero-order valence-electron chi connectivity index (χ0n) is 25.1. The number of furan rings is 1. The largest absolute Gasteiger partial charge is 0.456 e. The Morgan fingerprint density at radius 3 is 1.79 bits per heavy atom. The molecule has 0 aliphatic carbocycles. The van der Waals surface area contributed by atoms with Gasteiger partial charge in [-0.05, 0) is 94.4 Å². The highest BCUT2D eigenvalue weighted by atomic mass is 16.4. The minimum atomic E-state index is -0.343. The van der Waals surface area contributed by atoms with Crippen LogP contribution < -0.4 is 5.63 Å². The summed E-state index contributed by atoms with van der Waals surface area (Å²) >= 11 is 0. The van der Waals surface area contributed by atoms with E-state index in [1.54, 1.807) is 0 Å². The summed E-state index contributed by atoms with van der Waals surface area (Å²) in [5, 5.41) is 6.86. The van der Waals surface area contributed by atoms with Crippen molar-refractivity contribution >= 4 is 65.5 Å². The fraction of sp³-hybridized carbons (Fsp3) is 0. The highest BCUT2D eigenvalue weighted by Gasteiger charge is 2.15. The number of nitrogens with zero attached hydrogens (tertiary/aromatic N) is 1. The summed E-state index contributed by atoms with van der Waals surface area (Å²) < 4.78 is 14.3. The third-order valence-electron chi connectivity index (χ3n) is 9.44. The molecule has 0 fully saturated rings. The molecular weight excluding hydrogens is 578 g/mol. The van der Waals surface area contributed by atoms with E-state index in [1.165, 1.54) is 10.8 Å². The Kier molecular flexibility index (Phi) is 5.40. The standard InChI is InChI=1S/C43H25NO3/c45-43-37-24-26(27-16-20-39-35(22-27)32-10-4-6-12-38(32)44(39)30-8-2-1-3-9-30)14-18-31(37)34-19-15-29(25-42(34)47-43)28-17-21-41-36(23-28)33-11-5-7-13-40(33)46-41/h1-25H. The first-order chi connectivity index (χ1) is 23.2. The third-order valence-corrected chi connectivity index (χ3v) is 9.44. The molecule has 10 aromatic rings. The monoisotopic (exact) mass is 603 g/mol. The Morgan fingerprint density at radius 2 is 0.936 bits per heavy atom. The quantitative estimate of drug-likeness (QED) is 0.149. The second kappa shape index (κ2) is 9.80. The molecule has 0 unspecified atom stereocenters. The molecule has 0 amide bonds. The Labute approximate surface area is 268 Å². The summed E-state index contributed by atoms with van der Waals surface area (Å²) in [7, 11) is 0. The lowest BCUT2D eigenvalue weighted by Crippen LogP contribution is -2.00. The zero-order chi connectivity index (χ0) is 31.1. The fourth-order valence-corrected chi connectivity index (χ4v) is 7.20. The maximum atomic E-state index is 13.5. The van der Waals surface area contributed by atoms with Crippen molar-refractivity contribution in [2.45, 2.75) is 0 Å². The number of hydrogen-bond acceptors (Lipinski definition) is 3. The first-order valence-electron chi connectivity index (χ1n) is 15.7. The van der Waals surface area contributed by atoms with Crippen molar-refractivity contribution in [1.29, 1.82) is 0 Å². The maximum Gasteiger partial charge on any atom is 0.344 e. The minimum Gasteiger partial charge on any atom is -0.456 e. The number of para-hydroxylation sites is 3. The van der Waals surface area contributed by atoms with Crippen LogP contribution in [-0.4, -0.2) is 4.57 Å². The lowest BCUT2D eigenvalue weighted by Gasteiger charge is -2.09. The van der Waals surface area contributed by atoms with Gasteiger partial charge in [-0.25, -0.2) is 4.79 Å². The lowest BCUT2D eigenvalue weighted by molar-refractivity contribution is 0.570. The number of fused-ring (bicyclic) bond motifs is 9. The molecule has 0 bridgehead atoms. The van der Waals surface area contributed by atoms with Crippen molar-refractivity contribution in [3.8, 4) is 27.9 Å². The van der Waals surface area contributed by atoms with Gasteiger partial charge in [0.15, 0.2) is 0 Å². The molecule has 0 atom stereocenters. The van der Waals surface area contributed by atoms with Crippen LogP contribution in [0.2, 0.25) is 0 Å². The third kappa shape index (κ3) is 3.92. The van der Waals surface area contributed by atoms with Crippen molar-refractivity contribution in [3.05, 3.63) is 162 Å². The molecule has 47 heavy (non-hydrogen) atoms. The van der Waals surface area contributed by atoms with E-state index in [0.717, 1.165) is 71.7 Å². The van der Waals surface area contributed by atoms with Crippen LogP contribution in [-0.2, 0) is 0 Å². The van der Waals surface area contributed by atoms with E-state index in [2.05, 4.69) is 102 Å². The lowest BCUT2D eigenvalue weighted by atomic mass is 9.97. The second-order valence-electron chi connectivity index (χ2n) is 12.1. The number of benzene rings is 7. The van der Waals surface area contributed by atoms with E-state index in [-0.39, 0.29) is 5.63 Å². The van der Waals surface area contributed by atoms with Gasteiger partial charge in [0.05, 0.1) is 16.4 Å². The summed E-state index contributed by atoms with van der Waals surface area (Å²) in [4.78, 5) is 13.5. The first-order valence-corrected chi connectivity index (χ1v) is 15.7. The molecule has 0 saturated carbocycles. The topological polar surface area (TPSA) is 48.3 Å². The molecule has 4 heteroatoms. The highest BCUT2D eigenvalue weighted by Crippen LogP contribution is 2.37. The van der Waals surface area contributed by atoms with Crippen LogP contribution >= 0.6 is 0 Å². The van der Waals surface area contributed by atoms with Crippen molar-refractivity contribution in [2.75, 3.05) is 0 Å². The van der Waals surface area contributed by atoms with Gasteiger partial charge in [-0.1, -0.05) is 84.9 Å². The average molecular weight is 604 g/mol. The molecule has 0 aliphatic rings. The molecule has 0 N–H and O–H groups in total. The Morgan fingerprint density at radius 1 is 0.362 bits per heavy atom. The van der Waals surface area contributed by atoms with Gasteiger partial charge >= 0.3 is 5.63 Å². The van der Waals surface area contributed by atoms with Crippen molar-refractivity contribution in [2.24, 2.45) is 0 Å². The predicted octanol–water partition coefficient (Wildman–Crippen LogP) is 11.3. The molecule has 220 valence electrons. The van der Waals surface area contributed by atoms with Crippen molar-refractivity contribution < 1.29 is 8.83 Å². The summed E-state index contributed by atoms with van der Waals surface area (Å²) in [5.41, 5.74) is 9.41. The minimum absolute atomic E-state index is 0.343. The van der Waals surface area contributed by atoms with E-state index in [1.807, 2.05) is 54.6 Å².